The maximum atomic E-state index is 13.9. The van der Waals surface area contributed by atoms with E-state index in [1.165, 1.54) is 17.0 Å². The third-order valence-corrected chi connectivity index (χ3v) is 5.90. The van der Waals surface area contributed by atoms with E-state index in [2.05, 4.69) is 10.6 Å². The van der Waals surface area contributed by atoms with Crippen molar-refractivity contribution in [3.8, 4) is 5.75 Å². The zero-order chi connectivity index (χ0) is 29.4. The molecule has 2 atom stereocenters. The average Bonchev–Trinajstić information content (AvgIpc) is 2.86. The zero-order valence-electron chi connectivity index (χ0n) is 23.1. The summed E-state index contributed by atoms with van der Waals surface area (Å²) in [6.07, 6.45) is -0.949. The number of carbonyl (C=O) groups is 4. The van der Waals surface area contributed by atoms with Crippen molar-refractivity contribution in [3.05, 3.63) is 72.3 Å². The molecule has 0 saturated heterocycles. The molecular formula is C30H36N4O6. The van der Waals surface area contributed by atoms with Crippen LogP contribution in [0.5, 0.6) is 5.75 Å². The molecule has 40 heavy (non-hydrogen) atoms. The zero-order valence-corrected chi connectivity index (χ0v) is 23.1. The summed E-state index contributed by atoms with van der Waals surface area (Å²) >= 11 is 0. The molecule has 0 aromatic heterocycles. The fourth-order valence-electron chi connectivity index (χ4n) is 4.30. The van der Waals surface area contributed by atoms with Crippen molar-refractivity contribution in [1.82, 2.24) is 10.2 Å². The van der Waals surface area contributed by atoms with Crippen LogP contribution in [0.25, 0.3) is 10.8 Å². The lowest BCUT2D eigenvalue weighted by Gasteiger charge is -2.34. The Hall–Kier alpha value is -4.60. The second kappa shape index (κ2) is 13.0. The molecule has 0 heterocycles. The number of phenolic OH excluding ortho intramolecular Hbond substituents is 1. The minimum absolute atomic E-state index is 0.0922. The number of primary amides is 1. The number of amides is 4. The molecule has 3 rings (SSSR count). The molecule has 0 aliphatic heterocycles. The van der Waals surface area contributed by atoms with E-state index in [0.717, 1.165) is 10.8 Å². The molecule has 2 unspecified atom stereocenters. The molecule has 3 aromatic rings. The molecule has 212 valence electrons. The first-order chi connectivity index (χ1) is 18.9. The highest BCUT2D eigenvalue weighted by atomic mass is 16.6. The Labute approximate surface area is 233 Å². The fourth-order valence-corrected chi connectivity index (χ4v) is 4.30. The summed E-state index contributed by atoms with van der Waals surface area (Å²) in [5, 5.41) is 17.4. The van der Waals surface area contributed by atoms with Crippen LogP contribution in [-0.2, 0) is 19.1 Å². The molecule has 10 nitrogen and oxygen atoms in total. The van der Waals surface area contributed by atoms with Gasteiger partial charge >= 0.3 is 6.09 Å². The molecule has 0 saturated carbocycles. The second-order valence-electron chi connectivity index (χ2n) is 10.4. The van der Waals surface area contributed by atoms with E-state index in [-0.39, 0.29) is 12.3 Å². The van der Waals surface area contributed by atoms with Gasteiger partial charge in [-0.25, -0.2) is 4.79 Å². The number of benzene rings is 3. The van der Waals surface area contributed by atoms with Crippen LogP contribution in [0.3, 0.4) is 0 Å². The molecule has 0 radical (unpaired) electrons. The number of hydrogen-bond acceptors (Lipinski definition) is 6. The summed E-state index contributed by atoms with van der Waals surface area (Å²) in [6, 6.07) is 16.6. The van der Waals surface area contributed by atoms with Crippen LogP contribution in [0.1, 0.15) is 52.1 Å². The van der Waals surface area contributed by atoms with Gasteiger partial charge in [-0.2, -0.15) is 0 Å². The Balaban J connectivity index is 2.00. The van der Waals surface area contributed by atoms with Crippen molar-refractivity contribution in [1.29, 1.82) is 0 Å². The summed E-state index contributed by atoms with van der Waals surface area (Å²) in [6.45, 7) is 6.92. The molecular weight excluding hydrogens is 512 g/mol. The number of anilines is 1. The first kappa shape index (κ1) is 29.9. The number of nitrogens with two attached hydrogens (primary N) is 1. The van der Waals surface area contributed by atoms with Gasteiger partial charge in [0.1, 0.15) is 23.4 Å². The first-order valence-electron chi connectivity index (χ1n) is 13.0. The highest BCUT2D eigenvalue weighted by Crippen LogP contribution is 2.28. The minimum Gasteiger partial charge on any atom is -0.508 e. The highest BCUT2D eigenvalue weighted by molar-refractivity contribution is 6.01. The number of fused-ring (bicyclic) bond motifs is 1. The van der Waals surface area contributed by atoms with Crippen molar-refractivity contribution in [2.45, 2.75) is 58.2 Å². The van der Waals surface area contributed by atoms with Gasteiger partial charge in [0.15, 0.2) is 0 Å². The minimum atomic E-state index is -1.38. The summed E-state index contributed by atoms with van der Waals surface area (Å²) in [5.74, 6) is -2.16. The fraction of sp³-hybridized carbons (Fsp3) is 0.333. The molecule has 4 amide bonds. The predicted molar refractivity (Wildman–Crippen MR) is 152 cm³/mol. The number of nitrogens with zero attached hydrogens (tertiary/aromatic N) is 1. The SMILES string of the molecule is CCCN(C(=O)C(CC(N)=O)NC(=O)OC(C)(C)C)C(C(=O)Nc1ccc2ccccc2c1)c1cccc(O)c1. The molecule has 3 aromatic carbocycles. The quantitative estimate of drug-likeness (QED) is 0.298. The van der Waals surface area contributed by atoms with Gasteiger partial charge in [-0.05, 0) is 67.8 Å². The monoisotopic (exact) mass is 548 g/mol. The Morgan fingerprint density at radius 2 is 1.68 bits per heavy atom. The number of carbonyl (C=O) groups excluding carboxylic acids is 4. The molecule has 0 bridgehead atoms. The molecule has 0 spiro atoms. The van der Waals surface area contributed by atoms with E-state index >= 15 is 0 Å². The molecule has 10 heteroatoms. The van der Waals surface area contributed by atoms with Crippen LogP contribution in [0.15, 0.2) is 66.7 Å². The number of alkyl carbamates (subject to hydrolysis) is 1. The van der Waals surface area contributed by atoms with E-state index in [0.29, 0.717) is 17.7 Å². The van der Waals surface area contributed by atoms with Gasteiger partial charge in [0.2, 0.25) is 11.8 Å². The number of rotatable bonds is 10. The Bertz CT molecular complexity index is 1380. The van der Waals surface area contributed by atoms with E-state index < -0.39 is 47.9 Å². The lowest BCUT2D eigenvalue weighted by molar-refractivity contribution is -0.141. The molecule has 0 aliphatic carbocycles. The third kappa shape index (κ3) is 8.20. The predicted octanol–water partition coefficient (Wildman–Crippen LogP) is 4.23. The van der Waals surface area contributed by atoms with Crippen molar-refractivity contribution in [2.75, 3.05) is 11.9 Å². The van der Waals surface area contributed by atoms with E-state index in [1.54, 1.807) is 39.0 Å². The van der Waals surface area contributed by atoms with E-state index in [1.807, 2.05) is 43.3 Å². The van der Waals surface area contributed by atoms with Gasteiger partial charge in [-0.3, -0.25) is 14.4 Å². The third-order valence-electron chi connectivity index (χ3n) is 5.90. The van der Waals surface area contributed by atoms with Crippen LogP contribution in [-0.4, -0.2) is 52.0 Å². The number of aromatic hydroxyl groups is 1. The van der Waals surface area contributed by atoms with Gasteiger partial charge in [-0.1, -0.05) is 49.4 Å². The lowest BCUT2D eigenvalue weighted by atomic mass is 10.0. The lowest BCUT2D eigenvalue weighted by Crippen LogP contribution is -2.53. The summed E-state index contributed by atoms with van der Waals surface area (Å²) in [5.41, 5.74) is 5.41. The van der Waals surface area contributed by atoms with Crippen molar-refractivity contribution in [3.63, 3.8) is 0 Å². The van der Waals surface area contributed by atoms with E-state index in [4.69, 9.17) is 10.5 Å². The Morgan fingerprint density at radius 1 is 0.975 bits per heavy atom. The van der Waals surface area contributed by atoms with Crippen molar-refractivity contribution in [2.24, 2.45) is 5.73 Å². The molecule has 0 fully saturated rings. The largest absolute Gasteiger partial charge is 0.508 e. The smallest absolute Gasteiger partial charge is 0.408 e. The molecule has 0 aliphatic rings. The maximum absolute atomic E-state index is 13.9. The number of phenols is 1. The van der Waals surface area contributed by atoms with E-state index in [9.17, 15) is 24.3 Å². The van der Waals surface area contributed by atoms with Crippen LogP contribution in [0.2, 0.25) is 0 Å². The summed E-state index contributed by atoms with van der Waals surface area (Å²) in [4.78, 5) is 53.4. The van der Waals surface area contributed by atoms with Gasteiger partial charge < -0.3 is 31.1 Å². The Kier molecular flexibility index (Phi) is 9.71. The van der Waals surface area contributed by atoms with Crippen molar-refractivity contribution >= 4 is 40.3 Å². The van der Waals surface area contributed by atoms with Gasteiger partial charge in [0.25, 0.3) is 5.91 Å². The van der Waals surface area contributed by atoms with Crippen LogP contribution in [0, 0.1) is 0 Å². The summed E-state index contributed by atoms with van der Waals surface area (Å²) in [7, 11) is 0. The van der Waals surface area contributed by atoms with Gasteiger partial charge in [0.05, 0.1) is 6.42 Å². The topological polar surface area (TPSA) is 151 Å². The summed E-state index contributed by atoms with van der Waals surface area (Å²) < 4.78 is 5.28. The number of hydrogen-bond donors (Lipinski definition) is 4. The standard InChI is InChI=1S/C30H36N4O6/c1-5-15-34(28(38)24(18-25(31)36)33-29(39)40-30(2,3)4)26(21-11-8-12-23(35)17-21)27(37)32-22-14-13-19-9-6-7-10-20(19)16-22/h6-14,16-17,24,26,35H,5,15,18H2,1-4H3,(H2,31,36)(H,32,37)(H,33,39). The number of ether oxygens (including phenoxy) is 1. The van der Waals surface area contributed by atoms with Crippen LogP contribution in [0.4, 0.5) is 10.5 Å². The average molecular weight is 549 g/mol. The highest BCUT2D eigenvalue weighted by Gasteiger charge is 2.36. The van der Waals surface area contributed by atoms with Crippen LogP contribution < -0.4 is 16.4 Å². The van der Waals surface area contributed by atoms with Gasteiger partial charge in [-0.15, -0.1) is 0 Å². The normalized spacial score (nSPS) is 12.7. The first-order valence-corrected chi connectivity index (χ1v) is 13.0. The maximum Gasteiger partial charge on any atom is 0.408 e. The Morgan fingerprint density at radius 3 is 2.30 bits per heavy atom. The van der Waals surface area contributed by atoms with Crippen molar-refractivity contribution < 1.29 is 29.0 Å². The van der Waals surface area contributed by atoms with Crippen LogP contribution >= 0.6 is 0 Å². The molecule has 5 N–H and O–H groups in total. The number of nitrogens with one attached hydrogen (secondary N) is 2. The van der Waals surface area contributed by atoms with Gasteiger partial charge in [0, 0.05) is 12.2 Å². The second-order valence-corrected chi connectivity index (χ2v) is 10.4.